The van der Waals surface area contributed by atoms with Gasteiger partial charge in [-0.05, 0) is 17.7 Å². The van der Waals surface area contributed by atoms with Gasteiger partial charge in [-0.15, -0.1) is 0 Å². The van der Waals surface area contributed by atoms with Crippen LogP contribution in [0.1, 0.15) is 23.6 Å². The zero-order valence-electron chi connectivity index (χ0n) is 7.57. The summed E-state index contributed by atoms with van der Waals surface area (Å²) in [6.07, 6.45) is 0.177. The fourth-order valence-corrected chi connectivity index (χ4v) is 1.16. The largest absolute Gasteiger partial charge is 0.392 e. The van der Waals surface area contributed by atoms with Gasteiger partial charge in [-0.1, -0.05) is 6.07 Å². The van der Waals surface area contributed by atoms with Gasteiger partial charge in [0.25, 0.3) is 0 Å². The van der Waals surface area contributed by atoms with Crippen molar-refractivity contribution in [3.05, 3.63) is 35.1 Å². The first-order valence-electron chi connectivity index (χ1n) is 4.20. The Morgan fingerprint density at radius 1 is 1.57 bits per heavy atom. The van der Waals surface area contributed by atoms with Gasteiger partial charge in [0, 0.05) is 11.6 Å². The molecule has 3 N–H and O–H groups in total. The highest BCUT2D eigenvalue weighted by atomic mass is 19.1. The molecular weight excluding hydrogens is 183 g/mol. The third-order valence-electron chi connectivity index (χ3n) is 1.98. The van der Waals surface area contributed by atoms with Gasteiger partial charge >= 0.3 is 0 Å². The molecule has 0 aliphatic heterocycles. The van der Waals surface area contributed by atoms with Crippen LogP contribution in [0.25, 0.3) is 0 Å². The number of rotatable bonds is 3. The summed E-state index contributed by atoms with van der Waals surface area (Å²) in [5.74, 6) is -0.458. The molecule has 0 saturated carbocycles. The van der Waals surface area contributed by atoms with Gasteiger partial charge in [0.2, 0.25) is 0 Å². The average Bonchev–Trinajstić information content (AvgIpc) is 2.19. The molecule has 1 atom stereocenters. The Morgan fingerprint density at radius 2 is 2.29 bits per heavy atom. The summed E-state index contributed by atoms with van der Waals surface area (Å²) in [5.41, 5.74) is 6.52. The molecule has 0 amide bonds. The van der Waals surface area contributed by atoms with E-state index in [2.05, 4.69) is 0 Å². The molecule has 3 nitrogen and oxygen atoms in total. The number of halogens is 1. The lowest BCUT2D eigenvalue weighted by molar-refractivity contribution is 0.275. The van der Waals surface area contributed by atoms with E-state index in [1.165, 1.54) is 18.2 Å². The van der Waals surface area contributed by atoms with Gasteiger partial charge in [0.15, 0.2) is 0 Å². The van der Waals surface area contributed by atoms with Crippen molar-refractivity contribution in [2.75, 3.05) is 0 Å². The summed E-state index contributed by atoms with van der Waals surface area (Å²) in [6, 6.07) is 5.77. The van der Waals surface area contributed by atoms with Crippen molar-refractivity contribution in [3.8, 4) is 6.07 Å². The van der Waals surface area contributed by atoms with E-state index in [1.54, 1.807) is 0 Å². The summed E-state index contributed by atoms with van der Waals surface area (Å²) in [6.45, 7) is -0.362. The Hall–Kier alpha value is -1.44. The third kappa shape index (κ3) is 2.28. The van der Waals surface area contributed by atoms with Crippen LogP contribution in [-0.4, -0.2) is 5.11 Å². The Balaban J connectivity index is 2.95. The lowest BCUT2D eigenvalue weighted by Gasteiger charge is -2.09. The van der Waals surface area contributed by atoms with Crippen molar-refractivity contribution < 1.29 is 9.50 Å². The average molecular weight is 194 g/mol. The number of nitriles is 1. The van der Waals surface area contributed by atoms with Crippen molar-refractivity contribution >= 4 is 0 Å². The number of aliphatic hydroxyl groups is 1. The molecule has 0 aliphatic rings. The predicted octanol–water partition coefficient (Wildman–Crippen LogP) is 1.23. The van der Waals surface area contributed by atoms with Gasteiger partial charge in [0.05, 0.1) is 19.1 Å². The summed E-state index contributed by atoms with van der Waals surface area (Å²) in [5, 5.41) is 17.2. The fourth-order valence-electron chi connectivity index (χ4n) is 1.16. The van der Waals surface area contributed by atoms with Gasteiger partial charge in [0.1, 0.15) is 5.82 Å². The Kier molecular flexibility index (Phi) is 3.57. The van der Waals surface area contributed by atoms with Crippen LogP contribution in [0.3, 0.4) is 0 Å². The zero-order chi connectivity index (χ0) is 10.6. The van der Waals surface area contributed by atoms with E-state index in [-0.39, 0.29) is 18.6 Å². The quantitative estimate of drug-likeness (QED) is 0.760. The molecule has 1 aromatic carbocycles. The number of benzene rings is 1. The molecule has 0 heterocycles. The summed E-state index contributed by atoms with van der Waals surface area (Å²) >= 11 is 0. The van der Waals surface area contributed by atoms with E-state index >= 15 is 0 Å². The standard InChI is InChI=1S/C10H11FN2O/c11-9-2-1-7(5-8(9)6-14)10(13)3-4-12/h1-2,5,10,14H,3,6,13H2/t10-/m1/s1. The first-order valence-corrected chi connectivity index (χ1v) is 4.20. The number of hydrogen-bond donors (Lipinski definition) is 2. The van der Waals surface area contributed by atoms with Crippen molar-refractivity contribution in [3.63, 3.8) is 0 Å². The fraction of sp³-hybridized carbons (Fsp3) is 0.300. The van der Waals surface area contributed by atoms with E-state index < -0.39 is 11.9 Å². The Morgan fingerprint density at radius 3 is 2.86 bits per heavy atom. The molecule has 0 bridgehead atoms. The number of aliphatic hydroxyl groups excluding tert-OH is 1. The molecule has 0 aromatic heterocycles. The molecule has 0 aliphatic carbocycles. The summed E-state index contributed by atoms with van der Waals surface area (Å²) < 4.78 is 13.0. The van der Waals surface area contributed by atoms with Crippen molar-refractivity contribution in [1.29, 1.82) is 5.26 Å². The predicted molar refractivity (Wildman–Crippen MR) is 49.5 cm³/mol. The second-order valence-electron chi connectivity index (χ2n) is 2.98. The molecule has 1 rings (SSSR count). The molecule has 0 radical (unpaired) electrons. The highest BCUT2D eigenvalue weighted by Crippen LogP contribution is 2.17. The van der Waals surface area contributed by atoms with E-state index in [4.69, 9.17) is 16.1 Å². The summed E-state index contributed by atoms with van der Waals surface area (Å²) in [7, 11) is 0. The Labute approximate surface area is 81.6 Å². The number of nitrogens with two attached hydrogens (primary N) is 1. The van der Waals surface area contributed by atoms with Crippen LogP contribution in [0, 0.1) is 17.1 Å². The van der Waals surface area contributed by atoms with Crippen LogP contribution in [-0.2, 0) is 6.61 Å². The van der Waals surface area contributed by atoms with E-state index in [0.717, 1.165) is 0 Å². The van der Waals surface area contributed by atoms with Crippen LogP contribution in [0.15, 0.2) is 18.2 Å². The minimum Gasteiger partial charge on any atom is -0.392 e. The van der Waals surface area contributed by atoms with Crippen molar-refractivity contribution in [1.82, 2.24) is 0 Å². The van der Waals surface area contributed by atoms with Gasteiger partial charge < -0.3 is 10.8 Å². The highest BCUT2D eigenvalue weighted by Gasteiger charge is 2.08. The third-order valence-corrected chi connectivity index (χ3v) is 1.98. The molecule has 74 valence electrons. The monoisotopic (exact) mass is 194 g/mol. The van der Waals surface area contributed by atoms with Crippen LogP contribution in [0.4, 0.5) is 4.39 Å². The van der Waals surface area contributed by atoms with E-state index in [1.807, 2.05) is 6.07 Å². The van der Waals surface area contributed by atoms with Gasteiger partial charge in [-0.3, -0.25) is 0 Å². The van der Waals surface area contributed by atoms with Crippen LogP contribution >= 0.6 is 0 Å². The maximum Gasteiger partial charge on any atom is 0.128 e. The zero-order valence-corrected chi connectivity index (χ0v) is 7.57. The lowest BCUT2D eigenvalue weighted by atomic mass is 10.0. The van der Waals surface area contributed by atoms with Crippen molar-refractivity contribution in [2.45, 2.75) is 19.1 Å². The van der Waals surface area contributed by atoms with Crippen LogP contribution in [0.2, 0.25) is 0 Å². The molecule has 0 saturated heterocycles. The molecule has 0 fully saturated rings. The first kappa shape index (κ1) is 10.6. The van der Waals surface area contributed by atoms with Gasteiger partial charge in [-0.25, -0.2) is 4.39 Å². The molecule has 0 unspecified atom stereocenters. The topological polar surface area (TPSA) is 70.0 Å². The van der Waals surface area contributed by atoms with E-state index in [0.29, 0.717) is 5.56 Å². The van der Waals surface area contributed by atoms with Gasteiger partial charge in [-0.2, -0.15) is 5.26 Å². The maximum absolute atomic E-state index is 13.0. The van der Waals surface area contributed by atoms with Crippen LogP contribution < -0.4 is 5.73 Å². The number of hydrogen-bond acceptors (Lipinski definition) is 3. The summed E-state index contributed by atoms with van der Waals surface area (Å²) in [4.78, 5) is 0. The van der Waals surface area contributed by atoms with Crippen LogP contribution in [0.5, 0.6) is 0 Å². The molecule has 14 heavy (non-hydrogen) atoms. The maximum atomic E-state index is 13.0. The second kappa shape index (κ2) is 4.70. The molecule has 1 aromatic rings. The molecule has 0 spiro atoms. The molecular formula is C10H11FN2O. The van der Waals surface area contributed by atoms with Crippen molar-refractivity contribution in [2.24, 2.45) is 5.73 Å². The second-order valence-corrected chi connectivity index (χ2v) is 2.98. The minimum absolute atomic E-state index is 0.177. The van der Waals surface area contributed by atoms with E-state index in [9.17, 15) is 4.39 Å². The number of nitrogens with zero attached hydrogens (tertiary/aromatic N) is 1. The smallest absolute Gasteiger partial charge is 0.128 e. The lowest BCUT2D eigenvalue weighted by Crippen LogP contribution is -2.10. The first-order chi connectivity index (χ1) is 6.69. The minimum atomic E-state index is -0.458. The molecule has 4 heteroatoms. The normalized spacial score (nSPS) is 12.1. The Bertz CT molecular complexity index is 360. The highest BCUT2D eigenvalue weighted by molar-refractivity contribution is 5.27. The SMILES string of the molecule is N#CC[C@@H](N)c1ccc(F)c(CO)c1.